The first-order valence-corrected chi connectivity index (χ1v) is 7.70. The molecule has 0 unspecified atom stereocenters. The fraction of sp³-hybridized carbons (Fsp3) is 0.111. The van der Waals surface area contributed by atoms with E-state index in [2.05, 4.69) is 10.4 Å². The number of hydrazone groups is 1. The number of alkyl halides is 3. The van der Waals surface area contributed by atoms with Gasteiger partial charge in [0.05, 0.1) is 5.56 Å². The smallest absolute Gasteiger partial charge is 0.416 e. The molecule has 0 aromatic heterocycles. The fourth-order valence-electron chi connectivity index (χ4n) is 2.71. The molecule has 0 saturated heterocycles. The van der Waals surface area contributed by atoms with Gasteiger partial charge in [0.25, 0.3) is 0 Å². The van der Waals surface area contributed by atoms with Crippen LogP contribution in [0.15, 0.2) is 59.4 Å². The highest BCUT2D eigenvalue weighted by atomic mass is 19.4. The molecule has 1 aliphatic heterocycles. The maximum absolute atomic E-state index is 12.6. The maximum atomic E-state index is 12.6. The molecule has 0 radical (unpaired) electrons. The van der Waals surface area contributed by atoms with Crippen molar-refractivity contribution in [2.75, 3.05) is 12.0 Å². The molecule has 0 saturated carbocycles. The van der Waals surface area contributed by atoms with Crippen molar-refractivity contribution < 1.29 is 22.7 Å². The summed E-state index contributed by atoms with van der Waals surface area (Å²) in [4.78, 5) is 12.3. The van der Waals surface area contributed by atoms with Gasteiger partial charge in [0.15, 0.2) is 12.5 Å². The minimum atomic E-state index is -4.42. The molecule has 5 nitrogen and oxygen atoms in total. The van der Waals surface area contributed by atoms with Crippen LogP contribution in [-0.4, -0.2) is 23.5 Å². The number of fused-ring (bicyclic) bond motifs is 3. The standard InChI is InChI=1S/C18H12F3N3O2/c19-18(20,21)12-5-7-13(8-6-12)22-17(25)24-10-26-15-9-11-3-1-2-4-14(11)16(15)23-24/h1-9H,10H2,(H,22,25). The topological polar surface area (TPSA) is 53.9 Å². The second-order valence-electron chi connectivity index (χ2n) is 5.72. The number of hydrogen-bond donors (Lipinski definition) is 1. The average molecular weight is 359 g/mol. The summed E-state index contributed by atoms with van der Waals surface area (Å²) in [7, 11) is 0. The van der Waals surface area contributed by atoms with E-state index in [1.165, 1.54) is 12.1 Å². The summed E-state index contributed by atoms with van der Waals surface area (Å²) < 4.78 is 43.3. The molecule has 0 bridgehead atoms. The number of urea groups is 1. The summed E-state index contributed by atoms with van der Waals surface area (Å²) >= 11 is 0. The number of nitrogens with zero attached hydrogens (tertiary/aromatic N) is 2. The lowest BCUT2D eigenvalue weighted by Gasteiger charge is -2.24. The van der Waals surface area contributed by atoms with Gasteiger partial charge in [-0.25, -0.2) is 4.79 Å². The molecule has 8 heteroatoms. The number of carbonyl (C=O) groups is 1. The Morgan fingerprint density at radius 1 is 1.12 bits per heavy atom. The van der Waals surface area contributed by atoms with Crippen LogP contribution in [0.5, 0.6) is 0 Å². The van der Waals surface area contributed by atoms with Crippen molar-refractivity contribution in [3.05, 3.63) is 71.0 Å². The number of benzene rings is 2. The molecular weight excluding hydrogens is 347 g/mol. The number of amides is 2. The molecule has 0 fully saturated rings. The lowest BCUT2D eigenvalue weighted by atomic mass is 10.1. The van der Waals surface area contributed by atoms with Crippen molar-refractivity contribution in [3.8, 4) is 0 Å². The van der Waals surface area contributed by atoms with Crippen LogP contribution in [0.25, 0.3) is 6.08 Å². The Kier molecular flexibility index (Phi) is 3.68. The first kappa shape index (κ1) is 16.2. The molecule has 2 aromatic rings. The first-order valence-electron chi connectivity index (χ1n) is 7.70. The summed E-state index contributed by atoms with van der Waals surface area (Å²) in [6, 6.07) is 11.1. The van der Waals surface area contributed by atoms with Crippen LogP contribution in [0.1, 0.15) is 16.7 Å². The molecule has 2 amide bonds. The van der Waals surface area contributed by atoms with Crippen LogP contribution in [0.2, 0.25) is 0 Å². The van der Waals surface area contributed by atoms with Gasteiger partial charge in [-0.15, -0.1) is 0 Å². The Bertz CT molecular complexity index is 933. The third-order valence-corrected chi connectivity index (χ3v) is 4.00. The molecule has 132 valence electrons. The normalized spacial score (nSPS) is 15.4. The number of nitrogens with one attached hydrogen (secondary N) is 1. The predicted molar refractivity (Wildman–Crippen MR) is 89.2 cm³/mol. The quantitative estimate of drug-likeness (QED) is 0.826. The highest BCUT2D eigenvalue weighted by Gasteiger charge is 2.31. The number of rotatable bonds is 1. The van der Waals surface area contributed by atoms with Gasteiger partial charge >= 0.3 is 12.2 Å². The zero-order valence-corrected chi connectivity index (χ0v) is 13.2. The predicted octanol–water partition coefficient (Wildman–Crippen LogP) is 4.29. The number of carbonyl (C=O) groups excluding carboxylic acids is 1. The minimum Gasteiger partial charge on any atom is -0.469 e. The SMILES string of the molecule is O=C(Nc1ccc(C(F)(F)F)cc1)N1COC2=Cc3ccccc3C2=N1. The summed E-state index contributed by atoms with van der Waals surface area (Å²) in [5.74, 6) is 0.588. The van der Waals surface area contributed by atoms with E-state index >= 15 is 0 Å². The lowest BCUT2D eigenvalue weighted by molar-refractivity contribution is -0.137. The van der Waals surface area contributed by atoms with Gasteiger partial charge < -0.3 is 10.1 Å². The van der Waals surface area contributed by atoms with E-state index < -0.39 is 17.8 Å². The second-order valence-corrected chi connectivity index (χ2v) is 5.72. The highest BCUT2D eigenvalue weighted by molar-refractivity contribution is 6.20. The first-order chi connectivity index (χ1) is 12.4. The van der Waals surface area contributed by atoms with Crippen molar-refractivity contribution in [1.29, 1.82) is 0 Å². The van der Waals surface area contributed by atoms with Crippen LogP contribution in [0.4, 0.5) is 23.7 Å². The van der Waals surface area contributed by atoms with E-state index in [0.29, 0.717) is 11.5 Å². The van der Waals surface area contributed by atoms with E-state index in [0.717, 1.165) is 28.3 Å². The number of halogens is 3. The zero-order chi connectivity index (χ0) is 18.3. The van der Waals surface area contributed by atoms with Crippen LogP contribution >= 0.6 is 0 Å². The summed E-state index contributed by atoms with van der Waals surface area (Å²) in [6.07, 6.45) is -2.58. The molecule has 2 aliphatic rings. The van der Waals surface area contributed by atoms with Gasteiger partial charge in [0.1, 0.15) is 5.71 Å². The van der Waals surface area contributed by atoms with E-state index in [4.69, 9.17) is 4.74 Å². The van der Waals surface area contributed by atoms with Crippen LogP contribution in [0.3, 0.4) is 0 Å². The molecule has 4 rings (SSSR count). The Morgan fingerprint density at radius 2 is 1.85 bits per heavy atom. The molecular formula is C18H12F3N3O2. The Morgan fingerprint density at radius 3 is 2.58 bits per heavy atom. The molecule has 1 aliphatic carbocycles. The minimum absolute atomic E-state index is 0.0875. The molecule has 0 spiro atoms. The van der Waals surface area contributed by atoms with Gasteiger partial charge in [-0.2, -0.15) is 23.3 Å². The summed E-state index contributed by atoms with van der Waals surface area (Å²) in [5, 5.41) is 7.90. The third-order valence-electron chi connectivity index (χ3n) is 4.00. The van der Waals surface area contributed by atoms with Crippen molar-refractivity contribution in [2.45, 2.75) is 6.18 Å². The van der Waals surface area contributed by atoms with Crippen molar-refractivity contribution in [3.63, 3.8) is 0 Å². The third kappa shape index (κ3) is 2.90. The monoisotopic (exact) mass is 359 g/mol. The van der Waals surface area contributed by atoms with Crippen molar-refractivity contribution in [1.82, 2.24) is 5.01 Å². The van der Waals surface area contributed by atoms with Crippen LogP contribution < -0.4 is 5.32 Å². The van der Waals surface area contributed by atoms with E-state index in [1.54, 1.807) is 0 Å². The van der Waals surface area contributed by atoms with Gasteiger partial charge in [-0.05, 0) is 35.9 Å². The number of anilines is 1. The maximum Gasteiger partial charge on any atom is 0.416 e. The molecule has 0 atom stereocenters. The molecule has 2 aromatic carbocycles. The Labute approximate surface area is 146 Å². The average Bonchev–Trinajstić information content (AvgIpc) is 2.99. The zero-order valence-electron chi connectivity index (χ0n) is 13.2. The number of hydrogen-bond acceptors (Lipinski definition) is 3. The fourth-order valence-corrected chi connectivity index (χ4v) is 2.71. The van der Waals surface area contributed by atoms with Gasteiger partial charge in [0, 0.05) is 11.3 Å². The van der Waals surface area contributed by atoms with Gasteiger partial charge in [-0.1, -0.05) is 24.3 Å². The van der Waals surface area contributed by atoms with Crippen molar-refractivity contribution in [2.24, 2.45) is 5.10 Å². The molecule has 26 heavy (non-hydrogen) atoms. The Hall–Kier alpha value is -3.29. The summed E-state index contributed by atoms with van der Waals surface area (Å²) in [5.41, 5.74) is 1.81. The largest absolute Gasteiger partial charge is 0.469 e. The highest BCUT2D eigenvalue weighted by Crippen LogP contribution is 2.31. The van der Waals surface area contributed by atoms with E-state index in [-0.39, 0.29) is 12.4 Å². The van der Waals surface area contributed by atoms with Crippen LogP contribution in [0, 0.1) is 0 Å². The number of allylic oxidation sites excluding steroid dienone is 1. The Balaban J connectivity index is 1.51. The van der Waals surface area contributed by atoms with Gasteiger partial charge in [-0.3, -0.25) is 0 Å². The molecule has 1 heterocycles. The molecule has 1 N–H and O–H groups in total. The van der Waals surface area contributed by atoms with Gasteiger partial charge in [0.2, 0.25) is 0 Å². The lowest BCUT2D eigenvalue weighted by Crippen LogP contribution is -2.36. The van der Waals surface area contributed by atoms with Crippen LogP contribution in [-0.2, 0) is 10.9 Å². The number of ether oxygens (including phenoxy) is 1. The van der Waals surface area contributed by atoms with E-state index in [1.807, 2.05) is 30.3 Å². The second kappa shape index (κ2) is 5.91. The van der Waals surface area contributed by atoms with Crippen molar-refractivity contribution >= 4 is 23.5 Å². The van der Waals surface area contributed by atoms with E-state index in [9.17, 15) is 18.0 Å². The summed E-state index contributed by atoms with van der Waals surface area (Å²) in [6.45, 7) is -0.0875.